The van der Waals surface area contributed by atoms with E-state index in [-0.39, 0.29) is 5.01 Å². The predicted octanol–water partition coefficient (Wildman–Crippen LogP) is 3.07. The second-order valence-electron chi connectivity index (χ2n) is 10.2. The normalized spacial score (nSPS) is 13.2. The fraction of sp³-hybridized carbons (Fsp3) is 0.0294. The van der Waals surface area contributed by atoms with Gasteiger partial charge in [-0.2, -0.15) is 0 Å². The van der Waals surface area contributed by atoms with Crippen LogP contribution in [0.4, 0.5) is 10.8 Å². The van der Waals surface area contributed by atoms with Crippen molar-refractivity contribution in [3.05, 3.63) is 162 Å². The molecule has 0 bridgehead atoms. The molecule has 0 saturated heterocycles. The zero-order chi connectivity index (χ0) is 32.1. The van der Waals surface area contributed by atoms with E-state index in [1.54, 1.807) is 121 Å². The molecule has 6 rings (SSSR count). The first-order chi connectivity index (χ1) is 22.3. The van der Waals surface area contributed by atoms with Crippen LogP contribution in [0.1, 0.15) is 21.1 Å². The van der Waals surface area contributed by atoms with Gasteiger partial charge in [0.15, 0.2) is 0 Å². The zero-order valence-corrected chi connectivity index (χ0v) is 26.6. The third kappa shape index (κ3) is 5.91. The molecule has 0 spiro atoms. The van der Waals surface area contributed by atoms with Gasteiger partial charge >= 0.3 is 273 Å². The predicted molar refractivity (Wildman–Crippen MR) is 173 cm³/mol. The molecule has 6 aromatic rings. The molecule has 1 heterocycles. The number of amides is 1. The molecule has 0 radical (unpaired) electrons. The van der Waals surface area contributed by atoms with Gasteiger partial charge in [-0.15, -0.1) is 0 Å². The molecule has 0 aliphatic rings. The van der Waals surface area contributed by atoms with Crippen LogP contribution in [0.15, 0.2) is 152 Å². The summed E-state index contributed by atoms with van der Waals surface area (Å²) in [5.41, 5.74) is 1.06. The third-order valence-corrected chi connectivity index (χ3v) is 15.8. The van der Waals surface area contributed by atoms with Crippen molar-refractivity contribution in [2.75, 3.05) is 5.32 Å². The van der Waals surface area contributed by atoms with E-state index < -0.39 is 28.8 Å². The first-order valence-corrected chi connectivity index (χ1v) is 18.4. The number of nitrogens with one attached hydrogen (secondary N) is 2. The van der Waals surface area contributed by atoms with Crippen LogP contribution in [0.3, 0.4) is 0 Å². The monoisotopic (exact) mass is 670 g/mol. The number of anilines is 2. The molecule has 232 valence electrons. The average molecular weight is 671 g/mol. The van der Waals surface area contributed by atoms with Crippen molar-refractivity contribution in [2.45, 2.75) is 5.78 Å². The van der Waals surface area contributed by atoms with Crippen LogP contribution in [0.25, 0.3) is 0 Å². The maximum absolute atomic E-state index is 14.1. The van der Waals surface area contributed by atoms with Crippen LogP contribution in [0, 0.1) is 10.2 Å². The molecular weight excluding hydrogens is 643 g/mol. The standard InChI is InChI=1S/C34H28ClN4O5PS/c40-31(26-16-6-1-7-17-26)37-32(33-38-39-34(46-33)36-27-18-8-2-9-19-27)45(44-35(41,42)43,28-20-10-3-11-21-28,29-22-12-4-13-23-29)30-24-14-5-15-25-30/h1-25,32H,(H,36,39)(H,37,40). The molecular formula is C34H28ClN4O5PS. The van der Waals surface area contributed by atoms with Crippen LogP contribution in [0.5, 0.6) is 0 Å². The second-order valence-corrected chi connectivity index (χ2v) is 16.8. The molecule has 0 fully saturated rings. The van der Waals surface area contributed by atoms with E-state index in [0.29, 0.717) is 26.6 Å². The van der Waals surface area contributed by atoms with Gasteiger partial charge in [0.2, 0.25) is 0 Å². The number of halogens is 1. The van der Waals surface area contributed by atoms with Gasteiger partial charge in [-0.25, -0.2) is 0 Å². The Balaban J connectivity index is 1.72. The summed E-state index contributed by atoms with van der Waals surface area (Å²) in [6, 6.07) is 43.9. The van der Waals surface area contributed by atoms with E-state index in [1.807, 2.05) is 30.3 Å². The van der Waals surface area contributed by atoms with Gasteiger partial charge in [-0.3, -0.25) is 0 Å². The number of benzene rings is 5. The van der Waals surface area contributed by atoms with Crippen molar-refractivity contribution in [3.8, 4) is 0 Å². The molecule has 2 N–H and O–H groups in total. The van der Waals surface area contributed by atoms with E-state index in [4.69, 9.17) is 4.08 Å². The van der Waals surface area contributed by atoms with Gasteiger partial charge in [-0.05, 0) is 0 Å². The molecule has 9 nitrogen and oxygen atoms in total. The van der Waals surface area contributed by atoms with E-state index in [9.17, 15) is 18.8 Å². The molecule has 5 aromatic carbocycles. The van der Waals surface area contributed by atoms with E-state index in [0.717, 1.165) is 17.0 Å². The van der Waals surface area contributed by atoms with Gasteiger partial charge in [0.25, 0.3) is 0 Å². The molecule has 1 atom stereocenters. The number of rotatable bonds is 11. The summed E-state index contributed by atoms with van der Waals surface area (Å²) in [5.74, 6) is -1.87. The number of aromatic nitrogens is 2. The van der Waals surface area contributed by atoms with Crippen molar-refractivity contribution in [1.82, 2.24) is 15.5 Å². The minimum absolute atomic E-state index is 0.218. The van der Waals surface area contributed by atoms with E-state index in [1.165, 1.54) is 0 Å². The van der Waals surface area contributed by atoms with E-state index in [2.05, 4.69) is 20.8 Å². The Labute approximate surface area is 271 Å². The van der Waals surface area contributed by atoms with Crippen molar-refractivity contribution in [2.24, 2.45) is 0 Å². The minimum atomic E-state index is -5.17. The summed E-state index contributed by atoms with van der Waals surface area (Å²) in [6.07, 6.45) is 0. The number of nitrogens with zero attached hydrogens (tertiary/aromatic N) is 2. The molecule has 0 aliphatic heterocycles. The van der Waals surface area contributed by atoms with Gasteiger partial charge < -0.3 is 0 Å². The molecule has 1 amide bonds. The molecule has 0 saturated carbocycles. The van der Waals surface area contributed by atoms with Crippen LogP contribution in [-0.2, 0) is 4.08 Å². The summed E-state index contributed by atoms with van der Waals surface area (Å²) in [5, 5.41) is 16.9. The number of para-hydroxylation sites is 1. The van der Waals surface area contributed by atoms with Crippen LogP contribution in [0.2, 0.25) is 0 Å². The Kier molecular flexibility index (Phi) is 8.95. The van der Waals surface area contributed by atoms with Gasteiger partial charge in [-0.1, -0.05) is 0 Å². The summed E-state index contributed by atoms with van der Waals surface area (Å²) in [7, 11) is -5.13. The van der Waals surface area contributed by atoms with Gasteiger partial charge in [0, 0.05) is 0 Å². The Morgan fingerprint density at radius 2 is 1.09 bits per heavy atom. The summed E-state index contributed by atoms with van der Waals surface area (Å²) >= 11 is 1.11. The molecule has 0 aliphatic carbocycles. The maximum atomic E-state index is 14.1. The Bertz CT molecular complexity index is 1800. The Morgan fingerprint density at radius 3 is 1.54 bits per heavy atom. The van der Waals surface area contributed by atoms with Crippen molar-refractivity contribution >= 4 is 50.8 Å². The van der Waals surface area contributed by atoms with Gasteiger partial charge in [0.05, 0.1) is 0 Å². The number of hydrogen-bond donors (Lipinski definition) is 2. The molecule has 1 unspecified atom stereocenters. The van der Waals surface area contributed by atoms with Crippen molar-refractivity contribution in [1.29, 1.82) is 0 Å². The van der Waals surface area contributed by atoms with Gasteiger partial charge in [0.1, 0.15) is 0 Å². The first kappa shape index (κ1) is 31.5. The average Bonchev–Trinajstić information content (AvgIpc) is 3.55. The second kappa shape index (κ2) is 13.1. The van der Waals surface area contributed by atoms with E-state index >= 15 is 0 Å². The Morgan fingerprint density at radius 1 is 0.652 bits per heavy atom. The zero-order valence-electron chi connectivity index (χ0n) is 24.2. The third-order valence-electron chi connectivity index (χ3n) is 7.53. The Hall–Kier alpha value is -4.51. The summed E-state index contributed by atoms with van der Waals surface area (Å²) in [6.45, 7) is -5.17. The fourth-order valence-corrected chi connectivity index (χ4v) is 14.7. The van der Waals surface area contributed by atoms with Crippen LogP contribution >= 0.6 is 18.2 Å². The number of hydrogen-bond acceptors (Lipinski definition) is 9. The quantitative estimate of drug-likeness (QED) is 0.200. The molecule has 12 heteroatoms. The summed E-state index contributed by atoms with van der Waals surface area (Å²) < 4.78 is 45.7. The fourth-order valence-electron chi connectivity index (χ4n) is 5.63. The summed E-state index contributed by atoms with van der Waals surface area (Å²) in [4.78, 5) is 14.1. The molecule has 1 aromatic heterocycles. The topological polar surface area (TPSA) is 145 Å². The van der Waals surface area contributed by atoms with Crippen molar-refractivity contribution < 1.29 is 33.1 Å². The first-order valence-electron chi connectivity index (χ1n) is 14.1. The number of carbonyl (C=O) groups excluding carboxylic acids is 1. The molecule has 46 heavy (non-hydrogen) atoms. The number of carbonyl (C=O) groups is 1. The van der Waals surface area contributed by atoms with Crippen LogP contribution in [-0.4, -0.2) is 16.1 Å². The van der Waals surface area contributed by atoms with Crippen molar-refractivity contribution in [3.63, 3.8) is 0 Å². The SMILES string of the molecule is O=C(NC(c1nnc(Nc2ccccc2)s1)P(O[Cl+3]([O-])([O-])[O-])(c1ccccc1)(c1ccccc1)c1ccccc1)c1ccccc1. The van der Waals surface area contributed by atoms with Crippen LogP contribution < -0.4 is 40.5 Å².